The van der Waals surface area contributed by atoms with E-state index in [-0.39, 0.29) is 6.61 Å². The van der Waals surface area contributed by atoms with Gasteiger partial charge in [-0.15, -0.1) is 0 Å². The lowest BCUT2D eigenvalue weighted by molar-refractivity contribution is -0.870. The summed E-state index contributed by atoms with van der Waals surface area (Å²) in [6.07, 6.45) is 19.8. The average molecular weight is 509 g/mol. The lowest BCUT2D eigenvalue weighted by Crippen LogP contribution is -2.37. The third-order valence-corrected chi connectivity index (χ3v) is 6.95. The van der Waals surface area contributed by atoms with E-state index < -0.39 is 26.6 Å². The lowest BCUT2D eigenvalue weighted by atomic mass is 10.0. The number of likely N-dealkylation sites (N-methyl/N-ethyl adjacent to an activating group) is 1. The normalized spacial score (nSPS) is 16.1. The Morgan fingerprint density at radius 2 is 1.35 bits per heavy atom. The Kier molecular flexibility index (Phi) is 20.7. The molecule has 0 saturated heterocycles. The first-order valence-corrected chi connectivity index (χ1v) is 15.0. The van der Waals surface area contributed by atoms with Crippen LogP contribution in [0.4, 0.5) is 0 Å². The van der Waals surface area contributed by atoms with Crippen LogP contribution in [0.1, 0.15) is 103 Å². The molecule has 0 aromatic carbocycles. The molecular formula is C26H55NO6P+. The van der Waals surface area contributed by atoms with Crippen molar-refractivity contribution in [1.29, 1.82) is 0 Å². The summed E-state index contributed by atoms with van der Waals surface area (Å²) in [6.45, 7) is 2.36. The fraction of sp³-hybridized carbons (Fsp3) is 0.923. The molecule has 2 unspecified atom stereocenters. The van der Waals surface area contributed by atoms with E-state index >= 15 is 0 Å². The summed E-state index contributed by atoms with van der Waals surface area (Å²) in [5, 5.41) is 19.3. The van der Waals surface area contributed by atoms with Crippen LogP contribution < -0.4 is 0 Å². The van der Waals surface area contributed by atoms with Gasteiger partial charge in [-0.05, 0) is 32.1 Å². The van der Waals surface area contributed by atoms with Gasteiger partial charge in [-0.25, -0.2) is 4.57 Å². The maximum atomic E-state index is 12.2. The number of nitrogens with zero attached hydrogens (tertiary/aromatic N) is 1. The SMILES string of the molecule is CCCCCCCCC=CCCCCCCCCC(OP(=O)(O)OCC[N+](C)(C)C)[C@@H](O)CO. The molecule has 34 heavy (non-hydrogen) atoms. The van der Waals surface area contributed by atoms with E-state index in [1.165, 1.54) is 57.8 Å². The molecule has 0 radical (unpaired) electrons. The molecular weight excluding hydrogens is 453 g/mol. The van der Waals surface area contributed by atoms with Crippen molar-refractivity contribution < 1.29 is 33.2 Å². The maximum Gasteiger partial charge on any atom is 0.472 e. The summed E-state index contributed by atoms with van der Waals surface area (Å²) < 4.78 is 23.0. The first kappa shape index (κ1) is 33.7. The Bertz CT molecular complexity index is 538. The van der Waals surface area contributed by atoms with Crippen LogP contribution in [0.2, 0.25) is 0 Å². The molecule has 0 fully saturated rings. The minimum absolute atomic E-state index is 0.0768. The molecule has 0 heterocycles. The lowest BCUT2D eigenvalue weighted by Gasteiger charge is -2.26. The smallest absolute Gasteiger partial charge is 0.394 e. The van der Waals surface area contributed by atoms with Gasteiger partial charge in [0.2, 0.25) is 0 Å². The molecule has 0 amide bonds. The molecule has 7 nitrogen and oxygen atoms in total. The molecule has 0 aliphatic heterocycles. The number of rotatable bonds is 24. The van der Waals surface area contributed by atoms with E-state index in [0.29, 0.717) is 17.4 Å². The fourth-order valence-corrected chi connectivity index (χ4v) is 4.62. The third-order valence-electron chi connectivity index (χ3n) is 5.90. The zero-order chi connectivity index (χ0) is 25.7. The molecule has 0 aromatic rings. The topological polar surface area (TPSA) is 96.2 Å². The zero-order valence-corrected chi connectivity index (χ0v) is 23.4. The van der Waals surface area contributed by atoms with Crippen LogP contribution >= 0.6 is 7.82 Å². The van der Waals surface area contributed by atoms with Gasteiger partial charge < -0.3 is 19.6 Å². The van der Waals surface area contributed by atoms with Gasteiger partial charge in [0.25, 0.3) is 0 Å². The van der Waals surface area contributed by atoms with Crippen molar-refractivity contribution >= 4 is 7.82 Å². The number of aliphatic hydroxyl groups excluding tert-OH is 2. The molecule has 204 valence electrons. The summed E-state index contributed by atoms with van der Waals surface area (Å²) in [5.41, 5.74) is 0. The van der Waals surface area contributed by atoms with Crippen LogP contribution in [0.15, 0.2) is 12.2 Å². The predicted octanol–water partition coefficient (Wildman–Crippen LogP) is 5.98. The molecule has 3 atom stereocenters. The van der Waals surface area contributed by atoms with Gasteiger partial charge in [-0.2, -0.15) is 0 Å². The van der Waals surface area contributed by atoms with Gasteiger partial charge in [0.15, 0.2) is 0 Å². The quantitative estimate of drug-likeness (QED) is 0.0643. The zero-order valence-electron chi connectivity index (χ0n) is 22.5. The Morgan fingerprint density at radius 3 is 1.85 bits per heavy atom. The molecule has 0 saturated carbocycles. The maximum absolute atomic E-state index is 12.2. The van der Waals surface area contributed by atoms with E-state index in [9.17, 15) is 19.7 Å². The van der Waals surface area contributed by atoms with Crippen molar-refractivity contribution in [3.05, 3.63) is 12.2 Å². The van der Waals surface area contributed by atoms with Crippen molar-refractivity contribution in [3.63, 3.8) is 0 Å². The molecule has 0 aliphatic rings. The molecule has 0 bridgehead atoms. The van der Waals surface area contributed by atoms with Crippen molar-refractivity contribution in [2.45, 2.75) is 115 Å². The van der Waals surface area contributed by atoms with Crippen LogP contribution in [0.3, 0.4) is 0 Å². The highest BCUT2D eigenvalue weighted by molar-refractivity contribution is 7.47. The van der Waals surface area contributed by atoms with Crippen molar-refractivity contribution in [3.8, 4) is 0 Å². The monoisotopic (exact) mass is 508 g/mol. The highest BCUT2D eigenvalue weighted by atomic mass is 31.2. The second kappa shape index (κ2) is 20.9. The van der Waals surface area contributed by atoms with Gasteiger partial charge >= 0.3 is 7.82 Å². The number of allylic oxidation sites excluding steroid dienone is 2. The molecule has 8 heteroatoms. The van der Waals surface area contributed by atoms with E-state index in [0.717, 1.165) is 32.1 Å². The minimum Gasteiger partial charge on any atom is -0.394 e. The minimum atomic E-state index is -4.28. The first-order valence-electron chi connectivity index (χ1n) is 13.5. The van der Waals surface area contributed by atoms with Gasteiger partial charge in [0, 0.05) is 0 Å². The van der Waals surface area contributed by atoms with E-state index in [1.54, 1.807) is 0 Å². The summed E-state index contributed by atoms with van der Waals surface area (Å²) in [6, 6.07) is 0. The van der Waals surface area contributed by atoms with Crippen LogP contribution in [0.5, 0.6) is 0 Å². The van der Waals surface area contributed by atoms with Crippen molar-refractivity contribution in [2.75, 3.05) is 40.9 Å². The first-order chi connectivity index (χ1) is 16.1. The Labute approximate surface area is 209 Å². The molecule has 0 aliphatic carbocycles. The summed E-state index contributed by atoms with van der Waals surface area (Å²) in [7, 11) is 1.59. The molecule has 0 spiro atoms. The predicted molar refractivity (Wildman–Crippen MR) is 141 cm³/mol. The summed E-state index contributed by atoms with van der Waals surface area (Å²) in [5.74, 6) is 0. The second-order valence-corrected chi connectivity index (χ2v) is 11.8. The highest BCUT2D eigenvalue weighted by Crippen LogP contribution is 2.45. The van der Waals surface area contributed by atoms with E-state index in [1.807, 2.05) is 21.1 Å². The summed E-state index contributed by atoms with van der Waals surface area (Å²) in [4.78, 5) is 9.97. The number of phosphoric ester groups is 1. The van der Waals surface area contributed by atoms with E-state index in [4.69, 9.17) is 9.05 Å². The summed E-state index contributed by atoms with van der Waals surface area (Å²) >= 11 is 0. The van der Waals surface area contributed by atoms with Crippen molar-refractivity contribution in [2.24, 2.45) is 0 Å². The molecule has 3 N–H and O–H groups in total. The van der Waals surface area contributed by atoms with Crippen LogP contribution in [-0.2, 0) is 13.6 Å². The number of unbranched alkanes of at least 4 members (excludes halogenated alkanes) is 12. The Balaban J connectivity index is 3.88. The second-order valence-electron chi connectivity index (χ2n) is 10.4. The average Bonchev–Trinajstić information content (AvgIpc) is 2.76. The van der Waals surface area contributed by atoms with E-state index in [2.05, 4.69) is 19.1 Å². The van der Waals surface area contributed by atoms with Gasteiger partial charge in [-0.1, -0.05) is 83.3 Å². The third kappa shape index (κ3) is 22.2. The van der Waals surface area contributed by atoms with Gasteiger partial charge in [-0.3, -0.25) is 9.05 Å². The van der Waals surface area contributed by atoms with Gasteiger partial charge in [0.1, 0.15) is 19.3 Å². The molecule has 0 aromatic heterocycles. The number of quaternary nitrogens is 1. The molecule has 0 rings (SSSR count). The Hall–Kier alpha value is -0.270. The number of aliphatic hydroxyl groups is 2. The number of hydrogen-bond donors (Lipinski definition) is 3. The van der Waals surface area contributed by atoms with Crippen LogP contribution in [0, 0.1) is 0 Å². The highest BCUT2D eigenvalue weighted by Gasteiger charge is 2.31. The van der Waals surface area contributed by atoms with Gasteiger partial charge in [0.05, 0.1) is 33.9 Å². The van der Waals surface area contributed by atoms with Crippen molar-refractivity contribution in [1.82, 2.24) is 0 Å². The number of hydrogen-bond acceptors (Lipinski definition) is 5. The van der Waals surface area contributed by atoms with Crippen LogP contribution in [-0.4, -0.2) is 72.7 Å². The fourth-order valence-electron chi connectivity index (χ4n) is 3.66. The Morgan fingerprint density at radius 1 is 0.853 bits per heavy atom. The standard InChI is InChI=1S/C26H54NO6P/c1-5-6-7-8-9-10-11-12-13-14-15-16-17-18-19-20-21-26(25(29)24-28)33-34(30,31)32-23-22-27(2,3)4/h12-13,25-26,28-29H,5-11,14-24H2,1-4H3/p+1/t25-,26?/m0/s1. The van der Waals surface area contributed by atoms with Crippen LogP contribution in [0.25, 0.3) is 0 Å². The largest absolute Gasteiger partial charge is 0.472 e. The number of phosphoric acid groups is 1.